The Hall–Kier alpha value is -0.770. The van der Waals surface area contributed by atoms with E-state index in [1.165, 1.54) is 0 Å². The van der Waals surface area contributed by atoms with Crippen molar-refractivity contribution in [3.63, 3.8) is 0 Å². The highest BCUT2D eigenvalue weighted by Crippen LogP contribution is 2.35. The van der Waals surface area contributed by atoms with Gasteiger partial charge < -0.3 is 15.4 Å². The number of amides is 1. The second-order valence-electron chi connectivity index (χ2n) is 6.12. The van der Waals surface area contributed by atoms with Crippen LogP contribution in [0.25, 0.3) is 0 Å². The number of hydrogen-bond acceptors (Lipinski definition) is 3. The van der Waals surface area contributed by atoms with Crippen LogP contribution >= 0.6 is 0 Å². The number of rotatable bonds is 0. The van der Waals surface area contributed by atoms with E-state index in [0.717, 1.165) is 25.8 Å². The van der Waals surface area contributed by atoms with E-state index in [2.05, 4.69) is 0 Å². The van der Waals surface area contributed by atoms with Crippen LogP contribution in [0.15, 0.2) is 0 Å². The van der Waals surface area contributed by atoms with Gasteiger partial charge in [-0.1, -0.05) is 0 Å². The minimum Gasteiger partial charge on any atom is -0.444 e. The molecule has 2 aliphatic rings. The quantitative estimate of drug-likeness (QED) is 0.684. The van der Waals surface area contributed by atoms with E-state index in [1.807, 2.05) is 25.7 Å². The van der Waals surface area contributed by atoms with Crippen molar-refractivity contribution in [2.45, 2.75) is 57.7 Å². The van der Waals surface area contributed by atoms with Crippen LogP contribution in [0, 0.1) is 5.92 Å². The van der Waals surface area contributed by atoms with Crippen molar-refractivity contribution in [3.05, 3.63) is 0 Å². The lowest BCUT2D eigenvalue weighted by molar-refractivity contribution is 0.0221. The Labute approximate surface area is 97.1 Å². The molecule has 2 bridgehead atoms. The van der Waals surface area contributed by atoms with Crippen LogP contribution in [0.3, 0.4) is 0 Å². The first-order valence-electron chi connectivity index (χ1n) is 6.10. The van der Waals surface area contributed by atoms with Crippen molar-refractivity contribution in [1.29, 1.82) is 0 Å². The first kappa shape index (κ1) is 11.7. The van der Waals surface area contributed by atoms with Gasteiger partial charge in [0, 0.05) is 18.6 Å². The van der Waals surface area contributed by atoms with E-state index in [4.69, 9.17) is 10.5 Å². The molecule has 0 spiro atoms. The molecule has 4 nitrogen and oxygen atoms in total. The van der Waals surface area contributed by atoms with E-state index < -0.39 is 5.60 Å². The van der Waals surface area contributed by atoms with Crippen LogP contribution in [0.1, 0.15) is 40.0 Å². The van der Waals surface area contributed by atoms with Gasteiger partial charge in [0.25, 0.3) is 0 Å². The molecule has 0 aromatic carbocycles. The highest BCUT2D eigenvalue weighted by atomic mass is 16.6. The molecule has 92 valence electrons. The molecule has 1 aliphatic carbocycles. The first-order valence-corrected chi connectivity index (χ1v) is 6.10. The van der Waals surface area contributed by atoms with E-state index >= 15 is 0 Å². The smallest absolute Gasteiger partial charge is 0.410 e. The van der Waals surface area contributed by atoms with Gasteiger partial charge >= 0.3 is 6.09 Å². The van der Waals surface area contributed by atoms with E-state index in [9.17, 15) is 4.79 Å². The maximum atomic E-state index is 12.0. The lowest BCUT2D eigenvalue weighted by Gasteiger charge is -2.29. The topological polar surface area (TPSA) is 55.6 Å². The van der Waals surface area contributed by atoms with Crippen LogP contribution in [0.2, 0.25) is 0 Å². The van der Waals surface area contributed by atoms with E-state index in [0.29, 0.717) is 12.0 Å². The molecule has 16 heavy (non-hydrogen) atoms. The SMILES string of the molecule is CC(C)(C)OC(=O)N1C[C@H]2C[C@@H](N)C[C@@H]1C2. The highest BCUT2D eigenvalue weighted by Gasteiger charge is 2.41. The second kappa shape index (κ2) is 3.91. The molecular weight excluding hydrogens is 204 g/mol. The largest absolute Gasteiger partial charge is 0.444 e. The van der Waals surface area contributed by atoms with Gasteiger partial charge in [-0.05, 0) is 46.0 Å². The number of fused-ring (bicyclic) bond motifs is 2. The van der Waals surface area contributed by atoms with Gasteiger partial charge in [-0.15, -0.1) is 0 Å². The molecule has 1 aliphatic heterocycles. The number of carbonyl (C=O) groups is 1. The van der Waals surface area contributed by atoms with Crippen molar-refractivity contribution in [2.24, 2.45) is 11.7 Å². The average molecular weight is 226 g/mol. The normalized spacial score (nSPS) is 34.0. The summed E-state index contributed by atoms with van der Waals surface area (Å²) < 4.78 is 5.41. The molecule has 2 rings (SSSR count). The summed E-state index contributed by atoms with van der Waals surface area (Å²) in [4.78, 5) is 13.9. The molecule has 1 saturated carbocycles. The van der Waals surface area contributed by atoms with Gasteiger partial charge in [-0.2, -0.15) is 0 Å². The van der Waals surface area contributed by atoms with Crippen LogP contribution < -0.4 is 5.73 Å². The number of carbonyl (C=O) groups excluding carboxylic acids is 1. The molecule has 0 unspecified atom stereocenters. The zero-order valence-corrected chi connectivity index (χ0v) is 10.4. The van der Waals surface area contributed by atoms with Gasteiger partial charge in [0.15, 0.2) is 0 Å². The predicted octanol–water partition coefficient (Wildman–Crippen LogP) is 1.73. The van der Waals surface area contributed by atoms with Crippen LogP contribution in [0.5, 0.6) is 0 Å². The van der Waals surface area contributed by atoms with Gasteiger partial charge in [-0.3, -0.25) is 0 Å². The number of likely N-dealkylation sites (tertiary alicyclic amines) is 1. The first-order chi connectivity index (χ1) is 7.35. The molecular formula is C12H22N2O2. The Morgan fingerprint density at radius 3 is 2.62 bits per heavy atom. The minimum atomic E-state index is -0.407. The predicted molar refractivity (Wildman–Crippen MR) is 62.0 cm³/mol. The van der Waals surface area contributed by atoms with Gasteiger partial charge in [-0.25, -0.2) is 4.79 Å². The van der Waals surface area contributed by atoms with E-state index in [1.54, 1.807) is 0 Å². The van der Waals surface area contributed by atoms with Gasteiger partial charge in [0.05, 0.1) is 0 Å². The summed E-state index contributed by atoms with van der Waals surface area (Å²) in [5.41, 5.74) is 5.56. The maximum Gasteiger partial charge on any atom is 0.410 e. The van der Waals surface area contributed by atoms with Crippen LogP contribution in [-0.2, 0) is 4.74 Å². The van der Waals surface area contributed by atoms with Crippen molar-refractivity contribution in [2.75, 3.05) is 6.54 Å². The Kier molecular flexibility index (Phi) is 2.86. The number of nitrogens with two attached hydrogens (primary N) is 1. The van der Waals surface area contributed by atoms with Crippen molar-refractivity contribution >= 4 is 6.09 Å². The summed E-state index contributed by atoms with van der Waals surface area (Å²) >= 11 is 0. The fourth-order valence-corrected chi connectivity index (χ4v) is 2.83. The lowest BCUT2D eigenvalue weighted by Crippen LogP contribution is -2.41. The molecule has 2 N–H and O–H groups in total. The summed E-state index contributed by atoms with van der Waals surface area (Å²) in [6.07, 6.45) is 2.91. The molecule has 3 atom stereocenters. The van der Waals surface area contributed by atoms with Crippen molar-refractivity contribution in [1.82, 2.24) is 4.90 Å². The molecule has 2 fully saturated rings. The lowest BCUT2D eigenvalue weighted by atomic mass is 9.87. The zero-order chi connectivity index (χ0) is 11.9. The Bertz CT molecular complexity index is 285. The van der Waals surface area contributed by atoms with Crippen molar-refractivity contribution in [3.8, 4) is 0 Å². The molecule has 0 aromatic heterocycles. The summed E-state index contributed by atoms with van der Waals surface area (Å²) in [6, 6.07) is 0.569. The molecule has 1 saturated heterocycles. The Morgan fingerprint density at radius 2 is 2.00 bits per heavy atom. The number of ether oxygens (including phenoxy) is 1. The minimum absolute atomic E-state index is 0.172. The molecule has 1 amide bonds. The Morgan fingerprint density at radius 1 is 1.31 bits per heavy atom. The Balaban J connectivity index is 1.98. The van der Waals surface area contributed by atoms with E-state index in [-0.39, 0.29) is 12.1 Å². The highest BCUT2D eigenvalue weighted by molar-refractivity contribution is 5.69. The summed E-state index contributed by atoms with van der Waals surface area (Å²) in [7, 11) is 0. The number of nitrogens with zero attached hydrogens (tertiary/aromatic N) is 1. The van der Waals surface area contributed by atoms with Crippen molar-refractivity contribution < 1.29 is 9.53 Å². The van der Waals surface area contributed by atoms with Gasteiger partial charge in [0.1, 0.15) is 5.60 Å². The van der Waals surface area contributed by atoms with Crippen LogP contribution in [0.4, 0.5) is 4.79 Å². The summed E-state index contributed by atoms with van der Waals surface area (Å²) in [5.74, 6) is 0.585. The monoisotopic (exact) mass is 226 g/mol. The molecule has 0 aromatic rings. The number of hydrogen-bond donors (Lipinski definition) is 1. The average Bonchev–Trinajstić information content (AvgIpc) is 2.38. The molecule has 1 heterocycles. The third kappa shape index (κ3) is 2.48. The molecule has 0 radical (unpaired) electrons. The third-order valence-corrected chi connectivity index (χ3v) is 3.34. The third-order valence-electron chi connectivity index (χ3n) is 3.34. The zero-order valence-electron chi connectivity index (χ0n) is 10.4. The summed E-state index contributed by atoms with van der Waals surface area (Å²) in [6.45, 7) is 6.53. The van der Waals surface area contributed by atoms with Crippen LogP contribution in [-0.4, -0.2) is 35.2 Å². The fraction of sp³-hybridized carbons (Fsp3) is 0.917. The summed E-state index contributed by atoms with van der Waals surface area (Å²) in [5, 5.41) is 0. The second-order valence-corrected chi connectivity index (χ2v) is 6.12. The molecule has 4 heteroatoms. The standard InChI is InChI=1S/C12H22N2O2/c1-12(2,3)16-11(15)14-7-8-4-9(13)6-10(14)5-8/h8-10H,4-7,13H2,1-3H3/t8-,9+,10-/m0/s1. The fourth-order valence-electron chi connectivity index (χ4n) is 2.83. The van der Waals surface area contributed by atoms with Gasteiger partial charge in [0.2, 0.25) is 0 Å². The maximum absolute atomic E-state index is 12.0.